The number of anilines is 2. The van der Waals surface area contributed by atoms with Crippen LogP contribution in [-0.2, 0) is 20.4 Å². The second kappa shape index (κ2) is 11.5. The van der Waals surface area contributed by atoms with Crippen molar-refractivity contribution in [2.45, 2.75) is 56.4 Å². The van der Waals surface area contributed by atoms with Crippen molar-refractivity contribution in [3.8, 4) is 11.5 Å². The van der Waals surface area contributed by atoms with Crippen LogP contribution in [0.1, 0.15) is 50.8 Å². The zero-order chi connectivity index (χ0) is 36.9. The van der Waals surface area contributed by atoms with Crippen molar-refractivity contribution in [3.05, 3.63) is 144 Å². The molecule has 0 aliphatic carbocycles. The summed E-state index contributed by atoms with van der Waals surface area (Å²) in [5.74, 6) is 1.22. The van der Waals surface area contributed by atoms with Crippen LogP contribution in [-0.4, -0.2) is 36.9 Å². The van der Waals surface area contributed by atoms with Crippen molar-refractivity contribution in [1.29, 1.82) is 0 Å². The highest BCUT2D eigenvalue weighted by Gasteiger charge is 2.61. The van der Waals surface area contributed by atoms with Crippen LogP contribution in [0.5, 0.6) is 11.5 Å². The first-order valence-corrected chi connectivity index (χ1v) is 18.7. The van der Waals surface area contributed by atoms with Gasteiger partial charge in [-0.05, 0) is 91.4 Å². The lowest BCUT2D eigenvalue weighted by atomic mass is 9.76. The topological polar surface area (TPSA) is 63.6 Å². The van der Waals surface area contributed by atoms with Crippen molar-refractivity contribution < 1.29 is 19.0 Å². The Bertz CT molecular complexity index is 2410. The number of nitrogens with zero attached hydrogens (tertiary/aromatic N) is 3. The van der Waals surface area contributed by atoms with E-state index in [0.717, 1.165) is 66.8 Å². The minimum atomic E-state index is -0.952. The summed E-state index contributed by atoms with van der Waals surface area (Å²) in [6, 6.07) is 41.5. The smallest absolute Gasteiger partial charge is 0.309 e. The van der Waals surface area contributed by atoms with E-state index in [0.29, 0.717) is 6.54 Å². The third kappa shape index (κ3) is 4.35. The largest absolute Gasteiger partial charge is 0.463 e. The molecule has 0 fully saturated rings. The molecule has 2 spiro atoms. The zero-order valence-corrected chi connectivity index (χ0v) is 30.9. The van der Waals surface area contributed by atoms with Crippen LogP contribution in [0.3, 0.4) is 0 Å². The monoisotopic (exact) mass is 711 g/mol. The summed E-state index contributed by atoms with van der Waals surface area (Å²) in [6.07, 6.45) is 6.39. The Labute approximate surface area is 315 Å². The quantitative estimate of drug-likeness (QED) is 0.166. The van der Waals surface area contributed by atoms with Gasteiger partial charge < -0.3 is 19.1 Å². The molecule has 0 radical (unpaired) electrons. The fraction of sp³-hybridized carbons (Fsp3) is 0.234. The van der Waals surface area contributed by atoms with Gasteiger partial charge in [0.2, 0.25) is 11.4 Å². The van der Waals surface area contributed by atoms with Gasteiger partial charge >= 0.3 is 5.97 Å². The number of carbonyl (C=O) groups is 1. The minimum Gasteiger partial charge on any atom is -0.463 e. The first-order valence-electron chi connectivity index (χ1n) is 18.7. The molecule has 0 N–H and O–H groups in total. The van der Waals surface area contributed by atoms with Crippen molar-refractivity contribution in [1.82, 2.24) is 0 Å². The van der Waals surface area contributed by atoms with Crippen LogP contribution in [0.25, 0.3) is 27.6 Å². The van der Waals surface area contributed by atoms with E-state index in [2.05, 4.69) is 141 Å². The number of ether oxygens (including phenoxy) is 3. The van der Waals surface area contributed by atoms with Crippen LogP contribution in [0.15, 0.2) is 132 Å². The Morgan fingerprint density at radius 3 is 1.96 bits per heavy atom. The molecule has 6 aromatic rings. The number of hydrogen-bond donors (Lipinski definition) is 0. The maximum absolute atomic E-state index is 13.9. The van der Waals surface area contributed by atoms with E-state index in [1.807, 2.05) is 36.5 Å². The Hall–Kier alpha value is -6.08. The lowest BCUT2D eigenvalue weighted by Crippen LogP contribution is -2.62. The molecule has 0 amide bonds. The first kappa shape index (κ1) is 32.6. The van der Waals surface area contributed by atoms with Crippen LogP contribution >= 0.6 is 0 Å². The van der Waals surface area contributed by atoms with Crippen molar-refractivity contribution >= 4 is 56.9 Å². The third-order valence-electron chi connectivity index (χ3n) is 12.4. The van der Waals surface area contributed by atoms with Gasteiger partial charge in [0.15, 0.2) is 6.73 Å². The summed E-state index contributed by atoms with van der Waals surface area (Å²) in [5.41, 5.74) is 3.33. The molecular weight excluding hydrogens is 671 g/mol. The molecule has 0 bridgehead atoms. The van der Waals surface area contributed by atoms with Gasteiger partial charge in [-0.25, -0.2) is 0 Å². The summed E-state index contributed by atoms with van der Waals surface area (Å²) in [7, 11) is 0. The molecule has 0 saturated heterocycles. The van der Waals surface area contributed by atoms with E-state index < -0.39 is 22.3 Å². The maximum Gasteiger partial charge on any atom is 0.309 e. The second-order valence-corrected chi connectivity index (χ2v) is 15.8. The molecule has 7 nitrogen and oxygen atoms in total. The Morgan fingerprint density at radius 2 is 1.22 bits per heavy atom. The fourth-order valence-corrected chi connectivity index (χ4v) is 9.38. The molecule has 268 valence electrons. The SMILES string of the molecule is CC1(C)c2ccccc2N(COC(=O)CCN2c3ccccc3C(C)(C)C23C=Nc2c(ccc4ccccc24)O3)C12C=Cc1c(ccc3ccccc13)O2. The van der Waals surface area contributed by atoms with Gasteiger partial charge in [-0.2, -0.15) is 0 Å². The molecule has 6 aromatic carbocycles. The van der Waals surface area contributed by atoms with Crippen LogP contribution in [0, 0.1) is 0 Å². The molecule has 10 rings (SSSR count). The van der Waals surface area contributed by atoms with E-state index in [-0.39, 0.29) is 19.1 Å². The van der Waals surface area contributed by atoms with Gasteiger partial charge in [-0.3, -0.25) is 14.7 Å². The fourth-order valence-electron chi connectivity index (χ4n) is 9.38. The molecule has 4 aliphatic heterocycles. The summed E-state index contributed by atoms with van der Waals surface area (Å²) < 4.78 is 20.3. The highest BCUT2D eigenvalue weighted by molar-refractivity contribution is 6.00. The first-order chi connectivity index (χ1) is 26.1. The number of aliphatic imine (C=N–C) groups is 1. The van der Waals surface area contributed by atoms with Gasteiger partial charge in [-0.15, -0.1) is 0 Å². The summed E-state index contributed by atoms with van der Waals surface area (Å²) in [6.45, 7) is 9.17. The number of hydrogen-bond acceptors (Lipinski definition) is 7. The second-order valence-electron chi connectivity index (χ2n) is 15.8. The number of para-hydroxylation sites is 2. The van der Waals surface area contributed by atoms with Gasteiger partial charge in [0.05, 0.1) is 23.5 Å². The van der Waals surface area contributed by atoms with Crippen LogP contribution in [0.2, 0.25) is 0 Å². The highest BCUT2D eigenvalue weighted by Crippen LogP contribution is 2.57. The number of benzene rings is 6. The lowest BCUT2D eigenvalue weighted by Gasteiger charge is -2.47. The van der Waals surface area contributed by atoms with E-state index in [9.17, 15) is 4.79 Å². The Morgan fingerprint density at radius 1 is 0.648 bits per heavy atom. The lowest BCUT2D eigenvalue weighted by molar-refractivity contribution is -0.144. The summed E-state index contributed by atoms with van der Waals surface area (Å²) >= 11 is 0. The number of fused-ring (bicyclic) bond motifs is 8. The van der Waals surface area contributed by atoms with E-state index in [4.69, 9.17) is 19.2 Å². The Balaban J connectivity index is 0.942. The minimum absolute atomic E-state index is 0.0260. The molecular formula is C47H41N3O4. The van der Waals surface area contributed by atoms with Crippen LogP contribution < -0.4 is 19.3 Å². The van der Waals surface area contributed by atoms with E-state index in [1.165, 1.54) is 0 Å². The molecule has 4 aliphatic rings. The van der Waals surface area contributed by atoms with Crippen molar-refractivity contribution in [2.24, 2.45) is 4.99 Å². The molecule has 2 atom stereocenters. The molecule has 0 saturated carbocycles. The molecule has 2 unspecified atom stereocenters. The van der Waals surface area contributed by atoms with E-state index >= 15 is 0 Å². The van der Waals surface area contributed by atoms with Gasteiger partial charge in [0.25, 0.3) is 0 Å². The predicted octanol–water partition coefficient (Wildman–Crippen LogP) is 10.1. The number of esters is 1. The van der Waals surface area contributed by atoms with Gasteiger partial charge in [-0.1, -0.05) is 97.1 Å². The van der Waals surface area contributed by atoms with E-state index in [1.54, 1.807) is 0 Å². The normalized spacial score (nSPS) is 22.1. The van der Waals surface area contributed by atoms with Crippen molar-refractivity contribution in [2.75, 3.05) is 23.1 Å². The zero-order valence-electron chi connectivity index (χ0n) is 30.9. The summed E-state index contributed by atoms with van der Waals surface area (Å²) in [5, 5.41) is 4.45. The predicted molar refractivity (Wildman–Crippen MR) is 216 cm³/mol. The summed E-state index contributed by atoms with van der Waals surface area (Å²) in [4.78, 5) is 23.3. The molecule has 54 heavy (non-hydrogen) atoms. The molecule has 7 heteroatoms. The number of carbonyl (C=O) groups excluding carboxylic acids is 1. The highest BCUT2D eigenvalue weighted by atomic mass is 16.6. The van der Waals surface area contributed by atoms with Gasteiger partial charge in [0, 0.05) is 28.9 Å². The molecule has 0 aromatic heterocycles. The van der Waals surface area contributed by atoms with Crippen molar-refractivity contribution in [3.63, 3.8) is 0 Å². The average molecular weight is 712 g/mol. The molecule has 4 heterocycles. The average Bonchev–Trinajstić information content (AvgIpc) is 3.49. The maximum atomic E-state index is 13.9. The number of rotatable bonds is 5. The van der Waals surface area contributed by atoms with Crippen LogP contribution in [0.4, 0.5) is 17.1 Å². The Kier molecular flexibility index (Phi) is 6.91. The third-order valence-corrected chi connectivity index (χ3v) is 12.4. The van der Waals surface area contributed by atoms with Gasteiger partial charge in [0.1, 0.15) is 17.2 Å². The standard InChI is InChI=1S/C47H41N3O4/c1-44(2)37-18-10-12-20-39(37)50(46(44)27-25-35-33-15-7-5-13-31(33)21-23-40(35)53-46)30-52-42(51)26-28-49-38-19-11-9-17-36(38)45(3,4)47(49)29-48-43-34-16-8-6-14-32(34)22-24-41(43)54-47/h5-25,27,29H,26,28,30H2,1-4H3.